The molecule has 0 spiro atoms. The van der Waals surface area contributed by atoms with E-state index in [2.05, 4.69) is 4.98 Å². The number of aromatic nitrogens is 1. The Morgan fingerprint density at radius 3 is 2.55 bits per heavy atom. The Bertz CT molecular complexity index is 641. The Balaban J connectivity index is 2.34. The predicted octanol–water partition coefficient (Wildman–Crippen LogP) is 3.59. The fourth-order valence-corrected chi connectivity index (χ4v) is 1.49. The molecular formula is C13H8F3NO3. The topological polar surface area (TPSA) is 59.4 Å². The van der Waals surface area contributed by atoms with Gasteiger partial charge in [-0.05, 0) is 18.2 Å². The van der Waals surface area contributed by atoms with E-state index >= 15 is 0 Å². The lowest BCUT2D eigenvalue weighted by atomic mass is 10.2. The largest absolute Gasteiger partial charge is 0.478 e. The molecule has 0 aliphatic rings. The lowest BCUT2D eigenvalue weighted by Crippen LogP contribution is -2.06. The van der Waals surface area contributed by atoms with E-state index in [-0.39, 0.29) is 17.2 Å². The normalized spacial score (nSPS) is 11.2. The molecule has 0 aliphatic heterocycles. The summed E-state index contributed by atoms with van der Waals surface area (Å²) in [6, 6.07) is 7.12. The van der Waals surface area contributed by atoms with Gasteiger partial charge in [-0.15, -0.1) is 0 Å². The Hall–Kier alpha value is -2.57. The number of nitrogens with zero attached hydrogens (tertiary/aromatic N) is 1. The third-order valence-electron chi connectivity index (χ3n) is 2.39. The molecular weight excluding hydrogens is 275 g/mol. The lowest BCUT2D eigenvalue weighted by Gasteiger charge is -2.10. The van der Waals surface area contributed by atoms with Gasteiger partial charge in [0.25, 0.3) is 0 Å². The number of aromatic carboxylic acids is 1. The second-order valence-corrected chi connectivity index (χ2v) is 3.78. The summed E-state index contributed by atoms with van der Waals surface area (Å²) >= 11 is 0. The van der Waals surface area contributed by atoms with Crippen molar-refractivity contribution in [2.24, 2.45) is 0 Å². The molecule has 7 heteroatoms. The van der Waals surface area contributed by atoms with Crippen molar-refractivity contribution in [2.75, 3.05) is 0 Å². The molecule has 0 saturated carbocycles. The number of carbonyl (C=O) groups is 1. The zero-order valence-corrected chi connectivity index (χ0v) is 9.89. The van der Waals surface area contributed by atoms with Crippen molar-refractivity contribution in [3.63, 3.8) is 0 Å². The van der Waals surface area contributed by atoms with Crippen LogP contribution in [0.1, 0.15) is 15.9 Å². The number of hydrogen-bond donors (Lipinski definition) is 1. The number of para-hydroxylation sites is 1. The number of carboxylic acids is 1. The molecule has 0 bridgehead atoms. The van der Waals surface area contributed by atoms with Crippen LogP contribution in [0.15, 0.2) is 42.6 Å². The summed E-state index contributed by atoms with van der Waals surface area (Å²) in [5, 5.41) is 8.95. The zero-order valence-electron chi connectivity index (χ0n) is 9.89. The molecule has 2 rings (SSSR count). The summed E-state index contributed by atoms with van der Waals surface area (Å²) in [7, 11) is 0. The number of alkyl halides is 3. The van der Waals surface area contributed by atoms with Crippen LogP contribution in [-0.2, 0) is 6.18 Å². The fourth-order valence-electron chi connectivity index (χ4n) is 1.49. The highest BCUT2D eigenvalue weighted by Gasteiger charge is 2.31. The maximum atomic E-state index is 12.5. The minimum absolute atomic E-state index is 0.0770. The lowest BCUT2D eigenvalue weighted by molar-refractivity contribution is -0.137. The van der Waals surface area contributed by atoms with Crippen LogP contribution in [0.3, 0.4) is 0 Å². The van der Waals surface area contributed by atoms with Gasteiger partial charge < -0.3 is 9.84 Å². The maximum absolute atomic E-state index is 12.5. The summed E-state index contributed by atoms with van der Waals surface area (Å²) < 4.78 is 42.7. The zero-order chi connectivity index (χ0) is 14.8. The third-order valence-corrected chi connectivity index (χ3v) is 2.39. The van der Waals surface area contributed by atoms with E-state index < -0.39 is 17.7 Å². The van der Waals surface area contributed by atoms with Crippen LogP contribution in [0.4, 0.5) is 13.2 Å². The first kappa shape index (κ1) is 13.9. The van der Waals surface area contributed by atoms with Gasteiger partial charge in [-0.2, -0.15) is 13.2 Å². The van der Waals surface area contributed by atoms with E-state index in [1.54, 1.807) is 0 Å². The molecule has 1 aromatic heterocycles. The minimum atomic E-state index is -4.52. The monoisotopic (exact) mass is 283 g/mol. The average molecular weight is 283 g/mol. The van der Waals surface area contributed by atoms with Crippen molar-refractivity contribution >= 4 is 5.97 Å². The predicted molar refractivity (Wildman–Crippen MR) is 62.7 cm³/mol. The van der Waals surface area contributed by atoms with Gasteiger partial charge in [0.1, 0.15) is 11.3 Å². The van der Waals surface area contributed by atoms with Crippen LogP contribution in [0.25, 0.3) is 0 Å². The molecule has 104 valence electrons. The molecule has 0 unspecified atom stereocenters. The van der Waals surface area contributed by atoms with Crippen LogP contribution < -0.4 is 4.74 Å². The summed E-state index contributed by atoms with van der Waals surface area (Å²) in [5.41, 5.74) is -1.08. The van der Waals surface area contributed by atoms with Crippen molar-refractivity contribution in [1.82, 2.24) is 4.98 Å². The van der Waals surface area contributed by atoms with E-state index in [0.29, 0.717) is 6.07 Å². The van der Waals surface area contributed by atoms with Gasteiger partial charge in [0.2, 0.25) is 5.88 Å². The van der Waals surface area contributed by atoms with Crippen LogP contribution in [0.5, 0.6) is 11.6 Å². The third kappa shape index (κ3) is 3.05. The molecule has 1 aromatic carbocycles. The highest BCUT2D eigenvalue weighted by atomic mass is 19.4. The van der Waals surface area contributed by atoms with Gasteiger partial charge in [-0.25, -0.2) is 9.78 Å². The van der Waals surface area contributed by atoms with Crippen molar-refractivity contribution in [3.05, 3.63) is 53.7 Å². The van der Waals surface area contributed by atoms with E-state index in [4.69, 9.17) is 9.84 Å². The summed E-state index contributed by atoms with van der Waals surface area (Å²) in [4.78, 5) is 14.6. The molecule has 0 saturated heterocycles. The number of rotatable bonds is 3. The van der Waals surface area contributed by atoms with Gasteiger partial charge in [0, 0.05) is 12.3 Å². The number of benzene rings is 1. The smallest absolute Gasteiger partial charge is 0.416 e. The number of carboxylic acid groups (broad SMARTS) is 1. The van der Waals surface area contributed by atoms with Crippen molar-refractivity contribution in [3.8, 4) is 11.6 Å². The first-order valence-corrected chi connectivity index (χ1v) is 5.41. The minimum Gasteiger partial charge on any atom is -0.478 e. The molecule has 0 atom stereocenters. The molecule has 0 amide bonds. The van der Waals surface area contributed by atoms with Crippen LogP contribution in [0, 0.1) is 0 Å². The fraction of sp³-hybridized carbons (Fsp3) is 0.0769. The summed E-state index contributed by atoms with van der Waals surface area (Å²) in [5.74, 6) is -1.65. The van der Waals surface area contributed by atoms with E-state index in [1.165, 1.54) is 24.3 Å². The van der Waals surface area contributed by atoms with E-state index in [0.717, 1.165) is 12.3 Å². The van der Waals surface area contributed by atoms with Crippen molar-refractivity contribution in [1.29, 1.82) is 0 Å². The standard InChI is InChI=1S/C13H8F3NO3/c14-13(15,16)8-5-6-17-11(7-8)20-10-4-2-1-3-9(10)12(18)19/h1-7H,(H,18,19). The van der Waals surface area contributed by atoms with Crippen LogP contribution in [-0.4, -0.2) is 16.1 Å². The highest BCUT2D eigenvalue weighted by molar-refractivity contribution is 5.90. The molecule has 1 heterocycles. The Kier molecular flexibility index (Phi) is 3.60. The first-order valence-electron chi connectivity index (χ1n) is 5.41. The van der Waals surface area contributed by atoms with Gasteiger partial charge in [-0.1, -0.05) is 12.1 Å². The number of hydrogen-bond acceptors (Lipinski definition) is 3. The highest BCUT2D eigenvalue weighted by Crippen LogP contribution is 2.32. The Morgan fingerprint density at radius 1 is 1.20 bits per heavy atom. The van der Waals surface area contributed by atoms with E-state index in [1.807, 2.05) is 0 Å². The first-order chi connectivity index (χ1) is 9.38. The quantitative estimate of drug-likeness (QED) is 0.935. The van der Waals surface area contributed by atoms with Gasteiger partial charge in [-0.3, -0.25) is 0 Å². The molecule has 0 radical (unpaired) electrons. The number of halogens is 3. The molecule has 2 aromatic rings. The number of pyridine rings is 1. The molecule has 20 heavy (non-hydrogen) atoms. The summed E-state index contributed by atoms with van der Waals surface area (Å²) in [6.45, 7) is 0. The van der Waals surface area contributed by atoms with Crippen LogP contribution >= 0.6 is 0 Å². The van der Waals surface area contributed by atoms with Gasteiger partial charge in [0.15, 0.2) is 0 Å². The second-order valence-electron chi connectivity index (χ2n) is 3.78. The van der Waals surface area contributed by atoms with Crippen molar-refractivity contribution in [2.45, 2.75) is 6.18 Å². The second kappa shape index (κ2) is 5.20. The molecule has 1 N–H and O–H groups in total. The number of ether oxygens (including phenoxy) is 1. The summed E-state index contributed by atoms with van der Waals surface area (Å²) in [6.07, 6.45) is -3.57. The average Bonchev–Trinajstić information content (AvgIpc) is 2.38. The van der Waals surface area contributed by atoms with Crippen molar-refractivity contribution < 1.29 is 27.8 Å². The van der Waals surface area contributed by atoms with Gasteiger partial charge >= 0.3 is 12.1 Å². The Morgan fingerprint density at radius 2 is 1.90 bits per heavy atom. The van der Waals surface area contributed by atoms with E-state index in [9.17, 15) is 18.0 Å². The molecule has 4 nitrogen and oxygen atoms in total. The molecule has 0 fully saturated rings. The Labute approximate surface area is 111 Å². The van der Waals surface area contributed by atoms with Gasteiger partial charge in [0.05, 0.1) is 5.56 Å². The maximum Gasteiger partial charge on any atom is 0.416 e. The molecule has 0 aliphatic carbocycles. The van der Waals surface area contributed by atoms with Crippen LogP contribution in [0.2, 0.25) is 0 Å². The SMILES string of the molecule is O=C(O)c1ccccc1Oc1cc(C(F)(F)F)ccn1.